The molecule has 1 N–H and O–H groups in total. The van der Waals surface area contributed by atoms with Crippen LogP contribution in [0.2, 0.25) is 0 Å². The van der Waals surface area contributed by atoms with Crippen molar-refractivity contribution in [3.63, 3.8) is 0 Å². The third-order valence-electron chi connectivity index (χ3n) is 2.19. The zero-order valence-electron chi connectivity index (χ0n) is 9.02. The highest BCUT2D eigenvalue weighted by Crippen LogP contribution is 2.31. The molecule has 1 amide bonds. The van der Waals surface area contributed by atoms with Gasteiger partial charge in [0.05, 0.1) is 6.61 Å². The lowest BCUT2D eigenvalue weighted by atomic mass is 10.1. The molecule has 6 heteroatoms. The Kier molecular flexibility index (Phi) is 3.18. The number of cyclic esters (lactones) is 1. The normalized spacial score (nSPS) is 20.5. The molecule has 0 saturated carbocycles. The molecule has 0 aliphatic carbocycles. The van der Waals surface area contributed by atoms with Gasteiger partial charge in [0.25, 0.3) is 0 Å². The van der Waals surface area contributed by atoms with Crippen LogP contribution in [0.5, 0.6) is 0 Å². The Morgan fingerprint density at radius 1 is 1.67 bits per heavy atom. The van der Waals surface area contributed by atoms with Crippen molar-refractivity contribution in [1.82, 2.24) is 4.90 Å². The van der Waals surface area contributed by atoms with Crippen LogP contribution in [0, 0.1) is 0 Å². The maximum atomic E-state index is 11.1. The van der Waals surface area contributed by atoms with E-state index in [4.69, 9.17) is 14.6 Å². The highest BCUT2D eigenvalue weighted by molar-refractivity contribution is 5.83. The summed E-state index contributed by atoms with van der Waals surface area (Å²) in [5, 5.41) is 8.96. The second-order valence-corrected chi connectivity index (χ2v) is 3.70. The third-order valence-corrected chi connectivity index (χ3v) is 2.19. The predicted molar refractivity (Wildman–Crippen MR) is 50.3 cm³/mol. The van der Waals surface area contributed by atoms with Crippen LogP contribution in [0.3, 0.4) is 0 Å². The van der Waals surface area contributed by atoms with Crippen LogP contribution in [0.1, 0.15) is 20.8 Å². The van der Waals surface area contributed by atoms with Crippen LogP contribution in [0.4, 0.5) is 4.79 Å². The van der Waals surface area contributed by atoms with Crippen molar-refractivity contribution in [3.8, 4) is 0 Å². The molecule has 0 aromatic heterocycles. The molecule has 86 valence electrons. The summed E-state index contributed by atoms with van der Waals surface area (Å²) in [5.41, 5.74) is -0.864. The lowest BCUT2D eigenvalue weighted by Gasteiger charge is -2.48. The van der Waals surface area contributed by atoms with E-state index in [0.29, 0.717) is 6.61 Å². The van der Waals surface area contributed by atoms with E-state index in [1.165, 1.54) is 4.90 Å². The minimum absolute atomic E-state index is 0.0234. The monoisotopic (exact) mass is 217 g/mol. The minimum Gasteiger partial charge on any atom is -0.480 e. The van der Waals surface area contributed by atoms with Gasteiger partial charge in [-0.2, -0.15) is 0 Å². The molecule has 0 bridgehead atoms. The van der Waals surface area contributed by atoms with E-state index in [-0.39, 0.29) is 6.61 Å². The number of carboxylic acids is 1. The first-order chi connectivity index (χ1) is 6.90. The van der Waals surface area contributed by atoms with Crippen molar-refractivity contribution in [2.24, 2.45) is 0 Å². The van der Waals surface area contributed by atoms with Crippen LogP contribution < -0.4 is 0 Å². The smallest absolute Gasteiger partial charge is 0.415 e. The highest BCUT2D eigenvalue weighted by Gasteiger charge is 2.52. The number of carbonyl (C=O) groups is 2. The molecule has 1 unspecified atom stereocenters. The number of hydrogen-bond donors (Lipinski definition) is 1. The van der Waals surface area contributed by atoms with Crippen molar-refractivity contribution in [3.05, 3.63) is 0 Å². The lowest BCUT2D eigenvalue weighted by Crippen LogP contribution is -2.68. The van der Waals surface area contributed by atoms with E-state index in [0.717, 1.165) is 0 Å². The molecule has 0 aromatic rings. The SMILES string of the molecule is CCOCC(C(=O)O)N1C(=O)OC1(C)C. The molecule has 1 aliphatic heterocycles. The molecular weight excluding hydrogens is 202 g/mol. The van der Waals surface area contributed by atoms with Gasteiger partial charge in [-0.25, -0.2) is 9.59 Å². The van der Waals surface area contributed by atoms with Gasteiger partial charge in [0, 0.05) is 6.61 Å². The summed E-state index contributed by atoms with van der Waals surface area (Å²) in [5.74, 6) is -1.09. The van der Waals surface area contributed by atoms with Gasteiger partial charge in [-0.15, -0.1) is 0 Å². The first-order valence-electron chi connectivity index (χ1n) is 4.73. The van der Waals surface area contributed by atoms with Crippen LogP contribution in [0.25, 0.3) is 0 Å². The van der Waals surface area contributed by atoms with Crippen molar-refractivity contribution < 1.29 is 24.2 Å². The largest absolute Gasteiger partial charge is 0.480 e. The van der Waals surface area contributed by atoms with Gasteiger partial charge in [0.15, 0.2) is 11.8 Å². The maximum Gasteiger partial charge on any atom is 0.415 e. The first-order valence-corrected chi connectivity index (χ1v) is 4.73. The summed E-state index contributed by atoms with van der Waals surface area (Å²) in [7, 11) is 0. The highest BCUT2D eigenvalue weighted by atomic mass is 16.6. The second-order valence-electron chi connectivity index (χ2n) is 3.70. The number of ether oxygens (including phenoxy) is 2. The van der Waals surface area contributed by atoms with Crippen LogP contribution in [-0.4, -0.2) is 47.0 Å². The van der Waals surface area contributed by atoms with Crippen LogP contribution in [0.15, 0.2) is 0 Å². The zero-order valence-corrected chi connectivity index (χ0v) is 9.02. The van der Waals surface area contributed by atoms with E-state index in [1.807, 2.05) is 0 Å². The molecule has 1 saturated heterocycles. The second kappa shape index (κ2) is 4.06. The average molecular weight is 217 g/mol. The number of carboxylic acid groups (broad SMARTS) is 1. The van der Waals surface area contributed by atoms with Gasteiger partial charge in [0.1, 0.15) is 0 Å². The van der Waals surface area contributed by atoms with Crippen molar-refractivity contribution in [1.29, 1.82) is 0 Å². The molecule has 1 rings (SSSR count). The summed E-state index contributed by atoms with van der Waals surface area (Å²) < 4.78 is 9.84. The summed E-state index contributed by atoms with van der Waals surface area (Å²) >= 11 is 0. The maximum absolute atomic E-state index is 11.1. The number of carbonyl (C=O) groups excluding carboxylic acids is 1. The standard InChI is InChI=1S/C9H15NO5/c1-4-14-5-6(7(11)12)10-8(13)15-9(10,2)3/h6H,4-5H2,1-3H3,(H,11,12). The fourth-order valence-corrected chi connectivity index (χ4v) is 1.48. The average Bonchev–Trinajstić information content (AvgIpc) is 2.10. The van der Waals surface area contributed by atoms with Crippen molar-refractivity contribution in [2.45, 2.75) is 32.5 Å². The Balaban J connectivity index is 2.71. The van der Waals surface area contributed by atoms with Gasteiger partial charge < -0.3 is 14.6 Å². The van der Waals surface area contributed by atoms with E-state index in [1.54, 1.807) is 20.8 Å². The Morgan fingerprint density at radius 3 is 2.60 bits per heavy atom. The topological polar surface area (TPSA) is 76.1 Å². The van der Waals surface area contributed by atoms with Gasteiger partial charge >= 0.3 is 12.1 Å². The lowest BCUT2D eigenvalue weighted by molar-refractivity contribution is -0.197. The molecular formula is C9H15NO5. The Morgan fingerprint density at radius 2 is 2.27 bits per heavy atom. The number of rotatable bonds is 5. The Hall–Kier alpha value is -1.30. The van der Waals surface area contributed by atoms with Crippen LogP contribution >= 0.6 is 0 Å². The van der Waals surface area contributed by atoms with E-state index in [9.17, 15) is 9.59 Å². The van der Waals surface area contributed by atoms with Gasteiger partial charge in [-0.3, -0.25) is 4.90 Å². The first kappa shape index (κ1) is 11.8. The molecule has 1 heterocycles. The van der Waals surface area contributed by atoms with E-state index in [2.05, 4.69) is 0 Å². The van der Waals surface area contributed by atoms with Gasteiger partial charge in [-0.05, 0) is 20.8 Å². The molecule has 1 atom stereocenters. The zero-order chi connectivity index (χ0) is 11.6. The van der Waals surface area contributed by atoms with Crippen molar-refractivity contribution >= 4 is 12.1 Å². The van der Waals surface area contributed by atoms with E-state index >= 15 is 0 Å². The number of aliphatic carboxylic acids is 1. The molecule has 0 radical (unpaired) electrons. The molecule has 0 aromatic carbocycles. The predicted octanol–water partition coefficient (Wildman–Crippen LogP) is 0.664. The summed E-state index contributed by atoms with van der Waals surface area (Å²) in [6.07, 6.45) is -0.618. The van der Waals surface area contributed by atoms with Gasteiger partial charge in [0.2, 0.25) is 0 Å². The van der Waals surface area contributed by atoms with E-state index < -0.39 is 23.8 Å². The van der Waals surface area contributed by atoms with Crippen molar-refractivity contribution in [2.75, 3.05) is 13.2 Å². The Labute approximate surface area is 87.8 Å². The molecule has 1 aliphatic rings. The Bertz CT molecular complexity index is 276. The minimum atomic E-state index is -1.09. The number of amides is 1. The fraction of sp³-hybridized carbons (Fsp3) is 0.778. The molecule has 1 fully saturated rings. The fourth-order valence-electron chi connectivity index (χ4n) is 1.48. The summed E-state index contributed by atoms with van der Waals surface area (Å²) in [6, 6.07) is -0.985. The number of nitrogens with zero attached hydrogens (tertiary/aromatic N) is 1. The molecule has 15 heavy (non-hydrogen) atoms. The third kappa shape index (κ3) is 2.20. The quantitative estimate of drug-likeness (QED) is 0.732. The summed E-state index contributed by atoms with van der Waals surface area (Å²) in [6.45, 7) is 5.42. The summed E-state index contributed by atoms with van der Waals surface area (Å²) in [4.78, 5) is 23.3. The molecule has 0 spiro atoms. The van der Waals surface area contributed by atoms with Gasteiger partial charge in [-0.1, -0.05) is 0 Å². The molecule has 6 nitrogen and oxygen atoms in total. The van der Waals surface area contributed by atoms with Crippen LogP contribution in [-0.2, 0) is 14.3 Å². The number of hydrogen-bond acceptors (Lipinski definition) is 4.